The Balaban J connectivity index is -0.000000139. The van der Waals surface area contributed by atoms with Crippen molar-refractivity contribution in [1.29, 1.82) is 0 Å². The van der Waals surface area contributed by atoms with E-state index in [9.17, 15) is 0 Å². The summed E-state index contributed by atoms with van der Waals surface area (Å²) < 4.78 is 32.7. The van der Waals surface area contributed by atoms with Crippen molar-refractivity contribution in [1.82, 2.24) is 9.80 Å². The predicted molar refractivity (Wildman–Crippen MR) is 59.7 cm³/mol. The fraction of sp³-hybridized carbons (Fsp3) is 1.00. The molecule has 19 heavy (non-hydrogen) atoms. The monoisotopic (exact) mass is 352 g/mol. The summed E-state index contributed by atoms with van der Waals surface area (Å²) in [4.78, 5) is 4.94. The average molecular weight is 353 g/mol. The second-order valence-corrected chi connectivity index (χ2v) is 4.24. The molecule has 0 saturated carbocycles. The molecular weight excluding hydrogens is 327 g/mol. The van der Waals surface area contributed by atoms with Crippen LogP contribution in [0.3, 0.4) is 0 Å². The molecule has 0 fully saturated rings. The quantitative estimate of drug-likeness (QED) is 0.496. The first-order valence-corrected chi connectivity index (χ1v) is 7.12. The first kappa shape index (κ1) is 27.8. The Labute approximate surface area is 128 Å². The zero-order valence-corrected chi connectivity index (χ0v) is 13.6. The van der Waals surface area contributed by atoms with Crippen LogP contribution in [0.1, 0.15) is 27.7 Å². The van der Waals surface area contributed by atoms with E-state index in [2.05, 4.69) is 37.5 Å². The van der Waals surface area contributed by atoms with Gasteiger partial charge in [-0.25, -0.2) is 0 Å². The molecule has 123 valence electrons. The van der Waals surface area contributed by atoms with E-state index in [4.69, 9.17) is 18.6 Å². The summed E-state index contributed by atoms with van der Waals surface area (Å²) >= 11 is 0. The Morgan fingerprint density at radius 3 is 1.05 bits per heavy atom. The second-order valence-electron chi connectivity index (χ2n) is 3.45. The molecule has 0 aliphatic carbocycles. The van der Waals surface area contributed by atoms with Gasteiger partial charge in [0.15, 0.2) is 0 Å². The third-order valence-corrected chi connectivity index (χ3v) is 2.52. The molecule has 0 aromatic carbocycles. The Hall–Kier alpha value is 0.529. The number of nitrogens with zero attached hydrogens (tertiary/aromatic N) is 2. The third kappa shape index (κ3) is 27.7. The molecule has 1 radical (unpaired) electrons. The van der Waals surface area contributed by atoms with Crippen LogP contribution in [0, 0.1) is 10.2 Å². The van der Waals surface area contributed by atoms with Gasteiger partial charge in [0.1, 0.15) is 0 Å². The Kier molecular flexibility index (Phi) is 24.3. The number of rotatable bonds is 7. The number of hydrogen-bond donors (Lipinski definition) is 1. The molecule has 0 aromatic heterocycles. The topological polar surface area (TPSA) is 126 Å². The van der Waals surface area contributed by atoms with E-state index in [1.54, 1.807) is 0 Å². The summed E-state index contributed by atoms with van der Waals surface area (Å²) in [5, 5.41) is 0. The molecule has 0 saturated heterocycles. The molecule has 0 heterocycles. The first-order valence-electron chi connectivity index (χ1n) is 5.86. The molecule has 0 amide bonds. The maximum Gasteiger partial charge on any atom is 2.00 e. The maximum absolute atomic E-state index is 8.60. The van der Waals surface area contributed by atoms with Crippen LogP contribution in [0.5, 0.6) is 0 Å². The van der Waals surface area contributed by atoms with Crippen LogP contribution < -0.4 is 14.0 Å². The van der Waals surface area contributed by atoms with Crippen molar-refractivity contribution in [2.45, 2.75) is 27.7 Å². The van der Waals surface area contributed by atoms with Crippen molar-refractivity contribution in [3.05, 3.63) is 0 Å². The van der Waals surface area contributed by atoms with Gasteiger partial charge in [0, 0.05) is 13.1 Å². The molecule has 0 aliphatic rings. The summed E-state index contributed by atoms with van der Waals surface area (Å²) in [6.07, 6.45) is 0. The van der Waals surface area contributed by atoms with E-state index in [1.165, 1.54) is 39.3 Å². The first-order chi connectivity index (χ1) is 7.78. The van der Waals surface area contributed by atoms with Gasteiger partial charge < -0.3 is 15.3 Å². The number of hydrogen-bond acceptors (Lipinski definition) is 7. The van der Waals surface area contributed by atoms with E-state index in [1.807, 2.05) is 0 Å². The van der Waals surface area contributed by atoms with Gasteiger partial charge in [0.25, 0.3) is 0 Å². The zero-order chi connectivity index (χ0) is 13.9. The van der Waals surface area contributed by atoms with Gasteiger partial charge in [0.05, 0.1) is 14.9 Å². The molecule has 0 rings (SSSR count). The van der Waals surface area contributed by atoms with Gasteiger partial charge in [0.2, 0.25) is 0 Å². The predicted octanol–water partition coefficient (Wildman–Crippen LogP) is -2.63. The van der Waals surface area contributed by atoms with Crippen LogP contribution in [0.15, 0.2) is 0 Å². The molecule has 0 unspecified atom stereocenters. The maximum atomic E-state index is 8.60. The van der Waals surface area contributed by atoms with Crippen molar-refractivity contribution < 1.29 is 51.4 Å². The van der Waals surface area contributed by atoms with Gasteiger partial charge in [-0.15, -0.1) is 0 Å². The van der Waals surface area contributed by atoms with Gasteiger partial charge in [-0.3, -0.25) is 0 Å². The molecule has 7 nitrogen and oxygen atoms in total. The van der Waals surface area contributed by atoms with Crippen LogP contribution in [-0.4, -0.2) is 59.2 Å². The van der Waals surface area contributed by atoms with Crippen LogP contribution in [0.2, 0.25) is 0 Å². The van der Waals surface area contributed by atoms with Gasteiger partial charge >= 0.3 is 17.1 Å². The number of likely N-dealkylation sites (N-methyl/N-ethyl adjacent to an activating group) is 2. The summed E-state index contributed by atoms with van der Waals surface area (Å²) in [5.74, 6) is 0. The Morgan fingerprint density at radius 1 is 0.789 bits per heavy atom. The Bertz CT molecular complexity index is 148. The van der Waals surface area contributed by atoms with Crippen LogP contribution in [0.4, 0.5) is 0 Å². The summed E-state index contributed by atoms with van der Waals surface area (Å²) in [6, 6.07) is 0. The summed E-state index contributed by atoms with van der Waals surface area (Å²) in [5.41, 5.74) is 0. The molecule has 0 aromatic rings. The van der Waals surface area contributed by atoms with E-state index in [0.29, 0.717) is 0 Å². The van der Waals surface area contributed by atoms with Crippen molar-refractivity contribution in [3.63, 3.8) is 0 Å². The normalized spacial score (nSPS) is 10.4. The smallest absolute Gasteiger partial charge is 0.870 e. The van der Waals surface area contributed by atoms with E-state index < -0.39 is 10.2 Å². The van der Waals surface area contributed by atoms with Crippen LogP contribution in [-0.2, 0) is 17.1 Å². The fourth-order valence-electron chi connectivity index (χ4n) is 1.36. The van der Waals surface area contributed by atoms with Gasteiger partial charge in [-0.2, -0.15) is 14.0 Å². The minimum Gasteiger partial charge on any atom is -0.870 e. The molecule has 0 bridgehead atoms. The van der Waals surface area contributed by atoms with Crippen LogP contribution in [0.25, 0.3) is 0 Å². The molecule has 0 spiro atoms. The van der Waals surface area contributed by atoms with Crippen LogP contribution >= 0.6 is 0 Å². The number of halogens is 1. The van der Waals surface area contributed by atoms with Gasteiger partial charge in [-0.05, 0) is 26.2 Å². The van der Waals surface area contributed by atoms with E-state index in [-0.39, 0.29) is 22.5 Å². The van der Waals surface area contributed by atoms with Gasteiger partial charge in [-0.1, -0.05) is 27.7 Å². The summed E-state index contributed by atoms with van der Waals surface area (Å²) in [6.45, 7) is 16.1. The minimum absolute atomic E-state index is 0. The largest absolute Gasteiger partial charge is 2.00 e. The molecule has 0 aliphatic heterocycles. The van der Waals surface area contributed by atoms with Crippen molar-refractivity contribution >= 4 is 0 Å². The average Bonchev–Trinajstić information content (AvgIpc) is 2.22. The molecule has 9 heteroatoms. The molecule has 0 atom stereocenters. The van der Waals surface area contributed by atoms with Crippen molar-refractivity contribution in [2.24, 2.45) is 0 Å². The third-order valence-electron chi connectivity index (χ3n) is 2.52. The second kappa shape index (κ2) is 16.6. The summed E-state index contributed by atoms with van der Waals surface area (Å²) in [7, 11) is -4.69. The molecular formula is C10H26ClCuN2O5+. The SMILES string of the molecule is CCN(CC)CCN(CC)CC.[Cu+2].[O-][Cl+3]([O-])([O-])O.[OH-]. The fourth-order valence-corrected chi connectivity index (χ4v) is 1.36. The van der Waals surface area contributed by atoms with Crippen molar-refractivity contribution in [3.8, 4) is 0 Å². The standard InChI is InChI=1S/C10H24N2.ClHO4.Cu.H2O/c1-5-11(6-2)9-10-12(7-3)8-4;2-1(3,4)5;;/h5-10H2,1-4H3;(H,2,3,4,5);;1H2/q;;+2;/p-1. The Morgan fingerprint density at radius 2 is 0.947 bits per heavy atom. The van der Waals surface area contributed by atoms with Crippen molar-refractivity contribution in [2.75, 3.05) is 39.3 Å². The zero-order valence-electron chi connectivity index (χ0n) is 11.9. The molecule has 2 N–H and O–H groups in total. The minimum atomic E-state index is -4.69. The van der Waals surface area contributed by atoms with E-state index >= 15 is 0 Å². The van der Waals surface area contributed by atoms with E-state index in [0.717, 1.165) is 0 Å².